The van der Waals surface area contributed by atoms with Crippen LogP contribution in [-0.2, 0) is 5.60 Å². The maximum atomic E-state index is 11.5. The molecule has 0 aromatic heterocycles. The average Bonchev–Trinajstić information content (AvgIpc) is 2.56. The van der Waals surface area contributed by atoms with E-state index in [1.807, 2.05) is 60.7 Å². The number of hydrogen-bond donors (Lipinski definition) is 2. The van der Waals surface area contributed by atoms with E-state index in [1.54, 1.807) is 0 Å². The Kier molecular flexibility index (Phi) is 3.86. The van der Waals surface area contributed by atoms with E-state index in [-0.39, 0.29) is 6.04 Å². The quantitative estimate of drug-likeness (QED) is 0.878. The van der Waals surface area contributed by atoms with Crippen molar-refractivity contribution in [3.05, 3.63) is 71.8 Å². The SMILES string of the molecule is OC(c1ccccc1)(c1ccccc1)[C@@H]1CCCC[NH2+]1. The highest BCUT2D eigenvalue weighted by molar-refractivity contribution is 5.37. The number of hydrogen-bond acceptors (Lipinski definition) is 1. The summed E-state index contributed by atoms with van der Waals surface area (Å²) in [5.41, 5.74) is 1.09. The third-order valence-corrected chi connectivity index (χ3v) is 4.38. The first-order chi connectivity index (χ1) is 9.82. The Balaban J connectivity index is 2.07. The van der Waals surface area contributed by atoms with E-state index in [0.29, 0.717) is 0 Å². The molecule has 2 heteroatoms. The first-order valence-electron chi connectivity index (χ1n) is 7.48. The average molecular weight is 268 g/mol. The summed E-state index contributed by atoms with van der Waals surface area (Å²) in [5, 5.41) is 13.9. The Hall–Kier alpha value is -1.64. The molecular weight excluding hydrogens is 246 g/mol. The van der Waals surface area contributed by atoms with Crippen molar-refractivity contribution < 1.29 is 10.4 Å². The van der Waals surface area contributed by atoms with E-state index in [9.17, 15) is 5.11 Å². The highest BCUT2D eigenvalue weighted by atomic mass is 16.3. The lowest BCUT2D eigenvalue weighted by atomic mass is 9.77. The Labute approximate surface area is 120 Å². The molecule has 0 saturated carbocycles. The van der Waals surface area contributed by atoms with Gasteiger partial charge in [-0.05, 0) is 24.0 Å². The lowest BCUT2D eigenvalue weighted by Crippen LogP contribution is -2.95. The van der Waals surface area contributed by atoms with E-state index in [1.165, 1.54) is 12.8 Å². The molecular formula is C18H22NO+. The highest BCUT2D eigenvalue weighted by Crippen LogP contribution is 2.34. The second-order valence-electron chi connectivity index (χ2n) is 5.63. The molecule has 0 unspecified atom stereocenters. The van der Waals surface area contributed by atoms with Crippen LogP contribution in [0.4, 0.5) is 0 Å². The Bertz CT molecular complexity index is 492. The summed E-state index contributed by atoms with van der Waals surface area (Å²) in [6, 6.07) is 20.4. The highest BCUT2D eigenvalue weighted by Gasteiger charge is 2.43. The molecule has 3 N–H and O–H groups in total. The van der Waals surface area contributed by atoms with Crippen molar-refractivity contribution >= 4 is 0 Å². The van der Waals surface area contributed by atoms with Gasteiger partial charge in [-0.2, -0.15) is 0 Å². The molecule has 0 amide bonds. The number of nitrogens with two attached hydrogens (primary N) is 1. The van der Waals surface area contributed by atoms with Gasteiger partial charge >= 0.3 is 0 Å². The predicted molar refractivity (Wildman–Crippen MR) is 80.3 cm³/mol. The summed E-state index contributed by atoms with van der Waals surface area (Å²) in [6.45, 7) is 1.10. The van der Waals surface area contributed by atoms with Crippen molar-refractivity contribution in [2.45, 2.75) is 30.9 Å². The van der Waals surface area contributed by atoms with E-state index >= 15 is 0 Å². The van der Waals surface area contributed by atoms with E-state index in [2.05, 4.69) is 5.32 Å². The minimum absolute atomic E-state index is 0.195. The van der Waals surface area contributed by atoms with Crippen LogP contribution in [0.2, 0.25) is 0 Å². The van der Waals surface area contributed by atoms with Crippen LogP contribution in [0.25, 0.3) is 0 Å². The van der Waals surface area contributed by atoms with Crippen LogP contribution in [0.1, 0.15) is 30.4 Å². The van der Waals surface area contributed by atoms with E-state index < -0.39 is 5.60 Å². The molecule has 0 aliphatic carbocycles. The molecule has 104 valence electrons. The topological polar surface area (TPSA) is 36.8 Å². The zero-order valence-corrected chi connectivity index (χ0v) is 11.7. The number of quaternary nitrogens is 1. The maximum Gasteiger partial charge on any atom is 0.166 e. The fourth-order valence-electron chi connectivity index (χ4n) is 3.30. The Morgan fingerprint density at radius 2 is 1.40 bits per heavy atom. The molecule has 0 spiro atoms. The zero-order chi connectivity index (χ0) is 13.8. The molecule has 2 nitrogen and oxygen atoms in total. The third-order valence-electron chi connectivity index (χ3n) is 4.38. The summed E-state index contributed by atoms with van der Waals surface area (Å²) in [4.78, 5) is 0. The molecule has 1 heterocycles. The van der Waals surface area contributed by atoms with Crippen LogP contribution < -0.4 is 5.32 Å². The molecule has 0 bridgehead atoms. The molecule has 1 fully saturated rings. The molecule has 2 aromatic carbocycles. The number of piperidine rings is 1. The smallest absolute Gasteiger partial charge is 0.166 e. The summed E-state index contributed by atoms with van der Waals surface area (Å²) in [5.74, 6) is 0. The van der Waals surface area contributed by atoms with Crippen LogP contribution in [0.15, 0.2) is 60.7 Å². The summed E-state index contributed by atoms with van der Waals surface area (Å²) >= 11 is 0. The van der Waals surface area contributed by atoms with Gasteiger partial charge in [0.15, 0.2) is 5.60 Å². The van der Waals surface area contributed by atoms with Gasteiger partial charge in [0.1, 0.15) is 6.04 Å². The van der Waals surface area contributed by atoms with Gasteiger partial charge in [0.25, 0.3) is 0 Å². The Morgan fingerprint density at radius 3 is 1.85 bits per heavy atom. The van der Waals surface area contributed by atoms with Gasteiger partial charge in [-0.3, -0.25) is 0 Å². The van der Waals surface area contributed by atoms with Crippen LogP contribution in [0.3, 0.4) is 0 Å². The zero-order valence-electron chi connectivity index (χ0n) is 11.7. The molecule has 1 saturated heterocycles. The fraction of sp³-hybridized carbons (Fsp3) is 0.333. The minimum atomic E-state index is -0.900. The van der Waals surface area contributed by atoms with Gasteiger partial charge in [0, 0.05) is 6.42 Å². The maximum absolute atomic E-state index is 11.5. The molecule has 0 radical (unpaired) electrons. The van der Waals surface area contributed by atoms with Crippen LogP contribution in [0, 0.1) is 0 Å². The van der Waals surface area contributed by atoms with Gasteiger partial charge in [-0.25, -0.2) is 0 Å². The molecule has 20 heavy (non-hydrogen) atoms. The first kappa shape index (κ1) is 13.3. The van der Waals surface area contributed by atoms with E-state index in [4.69, 9.17) is 0 Å². The Morgan fingerprint density at radius 1 is 0.850 bits per heavy atom. The molecule has 1 aliphatic rings. The van der Waals surface area contributed by atoms with E-state index in [0.717, 1.165) is 24.1 Å². The molecule has 1 aliphatic heterocycles. The lowest BCUT2D eigenvalue weighted by Gasteiger charge is -2.37. The van der Waals surface area contributed by atoms with Crippen LogP contribution in [0.5, 0.6) is 0 Å². The summed E-state index contributed by atoms with van der Waals surface area (Å²) < 4.78 is 0. The first-order valence-corrected chi connectivity index (χ1v) is 7.48. The van der Waals surface area contributed by atoms with Crippen molar-refractivity contribution in [1.82, 2.24) is 0 Å². The number of rotatable bonds is 3. The van der Waals surface area contributed by atoms with Crippen molar-refractivity contribution in [2.75, 3.05) is 6.54 Å². The number of aliphatic hydroxyl groups is 1. The van der Waals surface area contributed by atoms with Crippen LogP contribution >= 0.6 is 0 Å². The van der Waals surface area contributed by atoms with Crippen molar-refractivity contribution in [2.24, 2.45) is 0 Å². The summed E-state index contributed by atoms with van der Waals surface area (Å²) in [6.07, 6.45) is 3.50. The minimum Gasteiger partial charge on any atom is -0.374 e. The number of benzene rings is 2. The second kappa shape index (κ2) is 5.78. The largest absolute Gasteiger partial charge is 0.374 e. The van der Waals surface area contributed by atoms with Gasteiger partial charge < -0.3 is 10.4 Å². The predicted octanol–water partition coefficient (Wildman–Crippen LogP) is 2.04. The molecule has 3 rings (SSSR count). The fourth-order valence-corrected chi connectivity index (χ4v) is 3.30. The van der Waals surface area contributed by atoms with Gasteiger partial charge in [-0.1, -0.05) is 60.7 Å². The van der Waals surface area contributed by atoms with Gasteiger partial charge in [0.05, 0.1) is 6.54 Å². The van der Waals surface area contributed by atoms with Crippen molar-refractivity contribution in [3.8, 4) is 0 Å². The third kappa shape index (κ3) is 2.37. The normalized spacial score (nSPS) is 19.8. The second-order valence-corrected chi connectivity index (χ2v) is 5.63. The standard InChI is InChI=1S/C18H21NO/c20-18(15-9-3-1-4-10-15,16-11-5-2-6-12-16)17-13-7-8-14-19-17/h1-6,9-12,17,19-20H,7-8,13-14H2/p+1/t17-/m0/s1. The van der Waals surface area contributed by atoms with Crippen LogP contribution in [-0.4, -0.2) is 17.7 Å². The molecule has 1 atom stereocenters. The lowest BCUT2D eigenvalue weighted by molar-refractivity contribution is -0.711. The van der Waals surface area contributed by atoms with Crippen molar-refractivity contribution in [1.29, 1.82) is 0 Å². The van der Waals surface area contributed by atoms with Gasteiger partial charge in [-0.15, -0.1) is 0 Å². The summed E-state index contributed by atoms with van der Waals surface area (Å²) in [7, 11) is 0. The molecule has 2 aromatic rings. The van der Waals surface area contributed by atoms with Crippen molar-refractivity contribution in [3.63, 3.8) is 0 Å². The van der Waals surface area contributed by atoms with Gasteiger partial charge in [0.2, 0.25) is 0 Å². The monoisotopic (exact) mass is 268 g/mol.